The van der Waals surface area contributed by atoms with Crippen molar-refractivity contribution in [3.8, 4) is 5.75 Å². The normalized spacial score (nSPS) is 20.2. The average Bonchev–Trinajstić information content (AvgIpc) is 2.38. The summed E-state index contributed by atoms with van der Waals surface area (Å²) in [5.74, 6) is -0.192. The van der Waals surface area contributed by atoms with Crippen LogP contribution in [0.2, 0.25) is 0 Å². The van der Waals surface area contributed by atoms with E-state index in [1.807, 2.05) is 0 Å². The number of nitrogens with one attached hydrogen (secondary N) is 1. The van der Waals surface area contributed by atoms with Gasteiger partial charge < -0.3 is 15.3 Å². The molecule has 4 nitrogen and oxygen atoms in total. The first-order valence-corrected chi connectivity index (χ1v) is 7.41. The van der Waals surface area contributed by atoms with Crippen LogP contribution in [0, 0.1) is 0 Å². The van der Waals surface area contributed by atoms with Crippen molar-refractivity contribution in [1.82, 2.24) is 10.2 Å². The first-order chi connectivity index (χ1) is 9.10. The van der Waals surface area contributed by atoms with Gasteiger partial charge in [-0.05, 0) is 44.1 Å². The number of aromatic hydroxyl groups is 1. The molecule has 0 spiro atoms. The number of amides is 1. The van der Waals surface area contributed by atoms with Crippen LogP contribution in [0.4, 0.5) is 0 Å². The number of phenols is 1. The van der Waals surface area contributed by atoms with Crippen LogP contribution in [0.1, 0.15) is 30.1 Å². The predicted octanol–water partition coefficient (Wildman–Crippen LogP) is 2.37. The van der Waals surface area contributed by atoms with Gasteiger partial charge in [0.15, 0.2) is 0 Å². The highest BCUT2D eigenvalue weighted by atomic mass is 79.9. The maximum atomic E-state index is 12.1. The number of phenolic OH excluding ortho intramolecular Hbond substituents is 1. The molecule has 1 atom stereocenters. The molecule has 1 aromatic carbocycles. The van der Waals surface area contributed by atoms with Crippen molar-refractivity contribution < 1.29 is 9.90 Å². The van der Waals surface area contributed by atoms with Crippen LogP contribution in [0.15, 0.2) is 22.7 Å². The Morgan fingerprint density at radius 2 is 2.37 bits per heavy atom. The van der Waals surface area contributed by atoms with Crippen LogP contribution in [0.25, 0.3) is 0 Å². The monoisotopic (exact) mass is 326 g/mol. The van der Waals surface area contributed by atoms with Crippen molar-refractivity contribution in [3.63, 3.8) is 0 Å². The fourth-order valence-electron chi connectivity index (χ4n) is 2.42. The zero-order valence-electron chi connectivity index (χ0n) is 11.0. The average molecular weight is 327 g/mol. The van der Waals surface area contributed by atoms with Crippen LogP contribution >= 0.6 is 15.9 Å². The first-order valence-electron chi connectivity index (χ1n) is 6.62. The van der Waals surface area contributed by atoms with Gasteiger partial charge in [-0.15, -0.1) is 0 Å². The summed E-state index contributed by atoms with van der Waals surface area (Å²) in [6, 6.07) is 5.10. The standard InChI is InChI=1S/C14H19BrN2O2/c1-2-17-7-3-4-11(9-17)16-14(19)12-6-5-10(15)8-13(12)18/h5-6,8,11,18H,2-4,7,9H2,1H3,(H,16,19). The van der Waals surface area contributed by atoms with Crippen LogP contribution < -0.4 is 5.32 Å². The molecule has 2 N–H and O–H groups in total. The van der Waals surface area contributed by atoms with Gasteiger partial charge in [0.1, 0.15) is 5.75 Å². The molecule has 1 fully saturated rings. The smallest absolute Gasteiger partial charge is 0.255 e. The van der Waals surface area contributed by atoms with Crippen LogP contribution in [0.5, 0.6) is 5.75 Å². The maximum absolute atomic E-state index is 12.1. The summed E-state index contributed by atoms with van der Waals surface area (Å²) in [5.41, 5.74) is 0.330. The molecule has 104 valence electrons. The zero-order chi connectivity index (χ0) is 13.8. The van der Waals surface area contributed by atoms with Gasteiger partial charge in [-0.25, -0.2) is 0 Å². The maximum Gasteiger partial charge on any atom is 0.255 e. The van der Waals surface area contributed by atoms with Crippen LogP contribution in [-0.4, -0.2) is 41.6 Å². The lowest BCUT2D eigenvalue weighted by Gasteiger charge is -2.32. The molecule has 0 aliphatic carbocycles. The number of hydrogen-bond acceptors (Lipinski definition) is 3. The Morgan fingerprint density at radius 3 is 3.05 bits per heavy atom. The van der Waals surface area contributed by atoms with Crippen LogP contribution in [-0.2, 0) is 0 Å². The van der Waals surface area contributed by atoms with Crippen molar-refractivity contribution in [2.45, 2.75) is 25.8 Å². The van der Waals surface area contributed by atoms with E-state index in [4.69, 9.17) is 0 Å². The Kier molecular flexibility index (Phi) is 4.82. The van der Waals surface area contributed by atoms with Gasteiger partial charge in [0, 0.05) is 17.1 Å². The topological polar surface area (TPSA) is 52.6 Å². The molecular weight excluding hydrogens is 308 g/mol. The molecule has 1 amide bonds. The number of carbonyl (C=O) groups excluding carboxylic acids is 1. The third-order valence-corrected chi connectivity index (χ3v) is 3.99. The number of rotatable bonds is 3. The third kappa shape index (κ3) is 3.70. The van der Waals surface area contributed by atoms with Gasteiger partial charge in [-0.2, -0.15) is 0 Å². The number of likely N-dealkylation sites (tertiary alicyclic amines) is 1. The molecule has 1 aliphatic heterocycles. The second kappa shape index (κ2) is 6.39. The summed E-state index contributed by atoms with van der Waals surface area (Å²) in [4.78, 5) is 14.5. The second-order valence-corrected chi connectivity index (χ2v) is 5.78. The lowest BCUT2D eigenvalue weighted by molar-refractivity contribution is 0.0903. The summed E-state index contributed by atoms with van der Waals surface area (Å²) in [7, 11) is 0. The largest absolute Gasteiger partial charge is 0.507 e. The molecule has 19 heavy (non-hydrogen) atoms. The van der Waals surface area contributed by atoms with Gasteiger partial charge >= 0.3 is 0 Å². The lowest BCUT2D eigenvalue weighted by Crippen LogP contribution is -2.47. The predicted molar refractivity (Wildman–Crippen MR) is 78.4 cm³/mol. The molecule has 2 rings (SSSR count). The second-order valence-electron chi connectivity index (χ2n) is 4.87. The van der Waals surface area contributed by atoms with Crippen molar-refractivity contribution in [2.75, 3.05) is 19.6 Å². The van der Waals surface area contributed by atoms with Crippen LogP contribution in [0.3, 0.4) is 0 Å². The highest BCUT2D eigenvalue weighted by Crippen LogP contribution is 2.22. The van der Waals surface area contributed by atoms with Gasteiger partial charge in [0.2, 0.25) is 0 Å². The highest BCUT2D eigenvalue weighted by Gasteiger charge is 2.21. The molecule has 1 aromatic rings. The third-order valence-electron chi connectivity index (χ3n) is 3.49. The summed E-state index contributed by atoms with van der Waals surface area (Å²) in [6.07, 6.45) is 2.10. The number of piperidine rings is 1. The van der Waals surface area contributed by atoms with E-state index in [1.54, 1.807) is 12.1 Å². The molecule has 1 aliphatic rings. The number of halogens is 1. The molecule has 0 radical (unpaired) electrons. The molecule has 0 saturated carbocycles. The number of carbonyl (C=O) groups is 1. The number of benzene rings is 1. The summed E-state index contributed by atoms with van der Waals surface area (Å²) in [6.45, 7) is 5.13. The number of likely N-dealkylation sites (N-methyl/N-ethyl adjacent to an activating group) is 1. The zero-order valence-corrected chi connectivity index (χ0v) is 12.6. The SMILES string of the molecule is CCN1CCCC(NC(=O)c2ccc(Br)cc2O)C1. The molecular formula is C14H19BrN2O2. The van der Waals surface area contributed by atoms with Crippen molar-refractivity contribution >= 4 is 21.8 Å². The highest BCUT2D eigenvalue weighted by molar-refractivity contribution is 9.10. The minimum atomic E-state index is -0.201. The molecule has 1 heterocycles. The molecule has 1 unspecified atom stereocenters. The Morgan fingerprint density at radius 1 is 1.58 bits per heavy atom. The van der Waals surface area contributed by atoms with E-state index < -0.39 is 0 Å². The lowest BCUT2D eigenvalue weighted by atomic mass is 10.0. The minimum Gasteiger partial charge on any atom is -0.507 e. The molecule has 1 saturated heterocycles. The fourth-order valence-corrected chi connectivity index (χ4v) is 2.77. The van der Waals surface area contributed by atoms with Crippen molar-refractivity contribution in [3.05, 3.63) is 28.2 Å². The summed E-state index contributed by atoms with van der Waals surface area (Å²) >= 11 is 3.26. The minimum absolute atomic E-state index is 0.00929. The summed E-state index contributed by atoms with van der Waals surface area (Å²) in [5, 5.41) is 12.8. The van der Waals surface area contributed by atoms with E-state index in [0.29, 0.717) is 5.56 Å². The van der Waals surface area contributed by atoms with E-state index in [1.165, 1.54) is 6.07 Å². The van der Waals surface area contributed by atoms with E-state index >= 15 is 0 Å². The number of hydrogen-bond donors (Lipinski definition) is 2. The summed E-state index contributed by atoms with van der Waals surface area (Å²) < 4.78 is 0.761. The molecule has 5 heteroatoms. The number of nitrogens with zero attached hydrogens (tertiary/aromatic N) is 1. The first kappa shape index (κ1) is 14.3. The van der Waals surface area contributed by atoms with Gasteiger partial charge in [-0.3, -0.25) is 4.79 Å². The fraction of sp³-hybridized carbons (Fsp3) is 0.500. The van der Waals surface area contributed by atoms with E-state index in [9.17, 15) is 9.90 Å². The Labute approximate surface area is 121 Å². The van der Waals surface area contributed by atoms with Crippen molar-refractivity contribution in [2.24, 2.45) is 0 Å². The van der Waals surface area contributed by atoms with E-state index in [2.05, 4.69) is 33.1 Å². The van der Waals surface area contributed by atoms with Gasteiger partial charge in [-0.1, -0.05) is 22.9 Å². The Hall–Kier alpha value is -1.07. The van der Waals surface area contributed by atoms with Gasteiger partial charge in [0.05, 0.1) is 5.56 Å². The Balaban J connectivity index is 2.00. The van der Waals surface area contributed by atoms with Gasteiger partial charge in [0.25, 0.3) is 5.91 Å². The Bertz CT molecular complexity index is 465. The van der Waals surface area contributed by atoms with E-state index in [0.717, 1.165) is 36.9 Å². The van der Waals surface area contributed by atoms with E-state index in [-0.39, 0.29) is 17.7 Å². The molecule has 0 aromatic heterocycles. The quantitative estimate of drug-likeness (QED) is 0.896. The van der Waals surface area contributed by atoms with Crippen molar-refractivity contribution in [1.29, 1.82) is 0 Å². The molecule has 0 bridgehead atoms.